The van der Waals surface area contributed by atoms with Crippen LogP contribution in [-0.4, -0.2) is 20.3 Å². The minimum absolute atomic E-state index is 0.0168. The largest absolute Gasteiger partial charge is 0.350 e. The van der Waals surface area contributed by atoms with E-state index in [1.807, 2.05) is 17.5 Å². The molecule has 3 heterocycles. The molecular weight excluding hydrogens is 288 g/mol. The molecule has 1 amide bonds. The Morgan fingerprint density at radius 3 is 2.95 bits per heavy atom. The van der Waals surface area contributed by atoms with Crippen molar-refractivity contribution in [2.45, 2.75) is 13.1 Å². The molecule has 3 rings (SSSR count). The highest BCUT2D eigenvalue weighted by Gasteiger charge is 2.13. The van der Waals surface area contributed by atoms with Crippen LogP contribution in [0.15, 0.2) is 40.6 Å². The maximum atomic E-state index is 12.2. The van der Waals surface area contributed by atoms with Gasteiger partial charge in [0.1, 0.15) is 6.54 Å². The number of rotatable bonds is 4. The SMILES string of the molecule is Cn1c2ncccc2c(=O)n1CC(=O)NCc1cccs1. The van der Waals surface area contributed by atoms with Gasteiger partial charge in [0, 0.05) is 18.1 Å². The van der Waals surface area contributed by atoms with E-state index in [2.05, 4.69) is 10.3 Å². The summed E-state index contributed by atoms with van der Waals surface area (Å²) >= 11 is 1.58. The van der Waals surface area contributed by atoms with Crippen LogP contribution in [-0.2, 0) is 24.9 Å². The molecule has 0 aromatic carbocycles. The number of carbonyl (C=O) groups excluding carboxylic acids is 1. The van der Waals surface area contributed by atoms with E-state index in [9.17, 15) is 9.59 Å². The first kappa shape index (κ1) is 13.6. The maximum absolute atomic E-state index is 12.2. The van der Waals surface area contributed by atoms with E-state index in [1.54, 1.807) is 41.4 Å². The van der Waals surface area contributed by atoms with Crippen LogP contribution in [0.4, 0.5) is 0 Å². The Morgan fingerprint density at radius 2 is 2.24 bits per heavy atom. The Bertz CT molecular complexity index is 832. The van der Waals surface area contributed by atoms with Gasteiger partial charge in [-0.1, -0.05) is 6.07 Å². The van der Waals surface area contributed by atoms with Crippen LogP contribution in [0.5, 0.6) is 0 Å². The predicted molar refractivity (Wildman–Crippen MR) is 81.1 cm³/mol. The number of fused-ring (bicyclic) bond motifs is 1. The second-order valence-electron chi connectivity index (χ2n) is 4.62. The molecule has 0 spiro atoms. The summed E-state index contributed by atoms with van der Waals surface area (Å²) in [5, 5.41) is 5.29. The molecule has 108 valence electrons. The van der Waals surface area contributed by atoms with Crippen molar-refractivity contribution in [1.29, 1.82) is 0 Å². The zero-order valence-corrected chi connectivity index (χ0v) is 12.3. The van der Waals surface area contributed by atoms with Gasteiger partial charge in [0.05, 0.1) is 11.9 Å². The number of hydrogen-bond donors (Lipinski definition) is 1. The number of carbonyl (C=O) groups is 1. The summed E-state index contributed by atoms with van der Waals surface area (Å²) in [7, 11) is 1.73. The molecule has 0 fully saturated rings. The molecule has 0 aliphatic carbocycles. The van der Waals surface area contributed by atoms with Crippen LogP contribution in [0.3, 0.4) is 0 Å². The summed E-state index contributed by atoms with van der Waals surface area (Å²) in [6.45, 7) is 0.463. The Balaban J connectivity index is 1.78. The molecule has 0 saturated heterocycles. The van der Waals surface area contributed by atoms with Crippen LogP contribution in [0, 0.1) is 0 Å². The van der Waals surface area contributed by atoms with Gasteiger partial charge in [0.25, 0.3) is 5.56 Å². The number of pyridine rings is 1. The Labute approximate surface area is 124 Å². The highest BCUT2D eigenvalue weighted by atomic mass is 32.1. The van der Waals surface area contributed by atoms with Gasteiger partial charge in [-0.05, 0) is 23.6 Å². The van der Waals surface area contributed by atoms with Crippen LogP contribution in [0.25, 0.3) is 11.0 Å². The fraction of sp³-hybridized carbons (Fsp3) is 0.214. The lowest BCUT2D eigenvalue weighted by Gasteiger charge is -2.07. The van der Waals surface area contributed by atoms with Crippen molar-refractivity contribution in [3.05, 3.63) is 51.1 Å². The summed E-state index contributed by atoms with van der Waals surface area (Å²) < 4.78 is 3.00. The summed E-state index contributed by atoms with van der Waals surface area (Å²) in [6.07, 6.45) is 1.63. The highest BCUT2D eigenvalue weighted by Crippen LogP contribution is 2.08. The monoisotopic (exact) mass is 302 g/mol. The molecule has 3 aromatic heterocycles. The number of aryl methyl sites for hydroxylation is 1. The van der Waals surface area contributed by atoms with Crippen LogP contribution < -0.4 is 10.9 Å². The van der Waals surface area contributed by atoms with Crippen LogP contribution >= 0.6 is 11.3 Å². The number of hydrogen-bond acceptors (Lipinski definition) is 4. The normalized spacial score (nSPS) is 10.9. The van der Waals surface area contributed by atoms with Crippen molar-refractivity contribution in [2.24, 2.45) is 7.05 Å². The fourth-order valence-corrected chi connectivity index (χ4v) is 2.82. The summed E-state index contributed by atoms with van der Waals surface area (Å²) in [5.41, 5.74) is 0.375. The Kier molecular flexibility index (Phi) is 3.57. The Morgan fingerprint density at radius 1 is 1.38 bits per heavy atom. The maximum Gasteiger partial charge on any atom is 0.276 e. The van der Waals surface area contributed by atoms with E-state index in [-0.39, 0.29) is 18.0 Å². The molecule has 21 heavy (non-hydrogen) atoms. The summed E-state index contributed by atoms with van der Waals surface area (Å²) in [5.74, 6) is -0.198. The smallest absolute Gasteiger partial charge is 0.276 e. The summed E-state index contributed by atoms with van der Waals surface area (Å²) in [6, 6.07) is 7.32. The van der Waals surface area contributed by atoms with Crippen molar-refractivity contribution >= 4 is 28.3 Å². The first-order valence-electron chi connectivity index (χ1n) is 6.46. The number of thiophene rings is 1. The zero-order chi connectivity index (χ0) is 14.8. The van der Waals surface area contributed by atoms with E-state index in [1.165, 1.54) is 4.68 Å². The van der Waals surface area contributed by atoms with Gasteiger partial charge in [0.15, 0.2) is 5.65 Å². The van der Waals surface area contributed by atoms with Crippen LogP contribution in [0.2, 0.25) is 0 Å². The first-order valence-corrected chi connectivity index (χ1v) is 7.34. The van der Waals surface area contributed by atoms with Crippen molar-refractivity contribution in [3.63, 3.8) is 0 Å². The number of aromatic nitrogens is 3. The topological polar surface area (TPSA) is 68.9 Å². The predicted octanol–water partition coefficient (Wildman–Crippen LogP) is 1.11. The third kappa shape index (κ3) is 2.59. The first-order chi connectivity index (χ1) is 10.2. The van der Waals surface area contributed by atoms with Gasteiger partial charge in [-0.2, -0.15) is 0 Å². The van der Waals surface area contributed by atoms with E-state index >= 15 is 0 Å². The lowest BCUT2D eigenvalue weighted by atomic mass is 10.3. The average Bonchev–Trinajstić information content (AvgIpc) is 3.09. The molecule has 1 N–H and O–H groups in total. The number of nitrogens with zero attached hydrogens (tertiary/aromatic N) is 3. The lowest BCUT2D eigenvalue weighted by Crippen LogP contribution is -2.33. The van der Waals surface area contributed by atoms with Gasteiger partial charge in [-0.15, -0.1) is 11.3 Å². The summed E-state index contributed by atoms with van der Waals surface area (Å²) in [4.78, 5) is 29.5. The third-order valence-corrected chi connectivity index (χ3v) is 4.13. The molecule has 0 saturated carbocycles. The van der Waals surface area contributed by atoms with E-state index < -0.39 is 0 Å². The molecule has 0 aliphatic rings. The van der Waals surface area contributed by atoms with Crippen molar-refractivity contribution in [1.82, 2.24) is 19.7 Å². The standard InChI is InChI=1S/C14H14N4O2S/c1-17-13-11(5-2-6-15-13)14(20)18(17)9-12(19)16-8-10-4-3-7-21-10/h2-7H,8-9H2,1H3,(H,16,19). The van der Waals surface area contributed by atoms with Gasteiger partial charge in [-0.3, -0.25) is 14.3 Å². The molecular formula is C14H14N4O2S. The van der Waals surface area contributed by atoms with Gasteiger partial charge in [-0.25, -0.2) is 9.67 Å². The van der Waals surface area contributed by atoms with E-state index in [0.717, 1.165) is 4.88 Å². The van der Waals surface area contributed by atoms with Gasteiger partial charge in [0.2, 0.25) is 5.91 Å². The second kappa shape index (κ2) is 5.53. The van der Waals surface area contributed by atoms with Gasteiger partial charge < -0.3 is 5.32 Å². The zero-order valence-electron chi connectivity index (χ0n) is 11.4. The molecule has 0 bridgehead atoms. The highest BCUT2D eigenvalue weighted by molar-refractivity contribution is 7.09. The van der Waals surface area contributed by atoms with E-state index in [4.69, 9.17) is 0 Å². The average molecular weight is 302 g/mol. The molecule has 0 atom stereocenters. The number of nitrogens with one attached hydrogen (secondary N) is 1. The van der Waals surface area contributed by atoms with Gasteiger partial charge >= 0.3 is 0 Å². The van der Waals surface area contributed by atoms with Crippen molar-refractivity contribution in [2.75, 3.05) is 0 Å². The molecule has 7 heteroatoms. The minimum Gasteiger partial charge on any atom is -0.350 e. The molecule has 3 aromatic rings. The van der Waals surface area contributed by atoms with E-state index in [0.29, 0.717) is 17.6 Å². The molecule has 0 radical (unpaired) electrons. The molecule has 0 aliphatic heterocycles. The molecule has 0 unspecified atom stereocenters. The Hall–Kier alpha value is -2.41. The lowest BCUT2D eigenvalue weighted by molar-refractivity contribution is -0.122. The van der Waals surface area contributed by atoms with Crippen molar-refractivity contribution in [3.8, 4) is 0 Å². The quantitative estimate of drug-likeness (QED) is 0.785. The van der Waals surface area contributed by atoms with Crippen molar-refractivity contribution < 1.29 is 4.79 Å². The minimum atomic E-state index is -0.202. The fourth-order valence-electron chi connectivity index (χ4n) is 2.18. The second-order valence-corrected chi connectivity index (χ2v) is 5.65. The van der Waals surface area contributed by atoms with Crippen LogP contribution in [0.1, 0.15) is 4.88 Å². The number of amides is 1. The molecule has 6 nitrogen and oxygen atoms in total. The third-order valence-electron chi connectivity index (χ3n) is 3.25.